The lowest BCUT2D eigenvalue weighted by molar-refractivity contribution is 0.0665. The van der Waals surface area contributed by atoms with Crippen molar-refractivity contribution in [2.24, 2.45) is 4.99 Å². The van der Waals surface area contributed by atoms with E-state index in [0.29, 0.717) is 11.4 Å². The minimum absolute atomic E-state index is 0.165. The Morgan fingerprint density at radius 1 is 1.56 bits per heavy atom. The third-order valence-electron chi connectivity index (χ3n) is 2.16. The summed E-state index contributed by atoms with van der Waals surface area (Å²) in [5.41, 5.74) is 0.519. The highest BCUT2D eigenvalue weighted by Crippen LogP contribution is 2.31. The minimum atomic E-state index is -2.95. The zero-order valence-corrected chi connectivity index (χ0v) is 9.24. The van der Waals surface area contributed by atoms with Gasteiger partial charge in [-0.15, -0.1) is 0 Å². The molecule has 0 aromatic carbocycles. The number of hydrogen-bond donors (Lipinski definition) is 1. The quantitative estimate of drug-likeness (QED) is 0.592. The minimum Gasteiger partial charge on any atom is -0.390 e. The van der Waals surface area contributed by atoms with Crippen LogP contribution in [0.15, 0.2) is 40.7 Å². The van der Waals surface area contributed by atoms with Crippen LogP contribution in [-0.2, 0) is 0 Å². The molecule has 0 aromatic heterocycles. The summed E-state index contributed by atoms with van der Waals surface area (Å²) < 4.78 is 26.2. The van der Waals surface area contributed by atoms with Crippen LogP contribution in [0.2, 0.25) is 0 Å². The van der Waals surface area contributed by atoms with Crippen LogP contribution in [-0.4, -0.2) is 35.9 Å². The summed E-state index contributed by atoms with van der Waals surface area (Å²) in [7, 11) is 1.55. The van der Waals surface area contributed by atoms with E-state index in [0.717, 1.165) is 6.92 Å². The summed E-state index contributed by atoms with van der Waals surface area (Å²) in [6, 6.07) is 0. The third kappa shape index (κ3) is 2.55. The molecule has 0 bridgehead atoms. The average Bonchev–Trinajstić information content (AvgIpc) is 2.19. The summed E-state index contributed by atoms with van der Waals surface area (Å²) in [6.45, 7) is 4.11. The van der Waals surface area contributed by atoms with Crippen LogP contribution in [0.25, 0.3) is 0 Å². The largest absolute Gasteiger partial charge is 0.390 e. The predicted octanol–water partition coefficient (Wildman–Crippen LogP) is 1.93. The number of nitrogens with zero attached hydrogens (tertiary/aromatic N) is 2. The fourth-order valence-electron chi connectivity index (χ4n) is 1.36. The molecule has 5 heteroatoms. The van der Waals surface area contributed by atoms with Crippen molar-refractivity contribution < 1.29 is 13.9 Å². The summed E-state index contributed by atoms with van der Waals surface area (Å²) >= 11 is 0. The van der Waals surface area contributed by atoms with Gasteiger partial charge in [0.2, 0.25) is 0 Å². The Morgan fingerprint density at radius 2 is 2.19 bits per heavy atom. The van der Waals surface area contributed by atoms with Crippen LogP contribution in [0, 0.1) is 0 Å². The maximum Gasteiger partial charge on any atom is 0.270 e. The van der Waals surface area contributed by atoms with Gasteiger partial charge in [-0.05, 0) is 12.2 Å². The Balaban J connectivity index is 3.12. The van der Waals surface area contributed by atoms with Gasteiger partial charge in [-0.25, -0.2) is 8.78 Å². The molecule has 0 aliphatic carbocycles. The number of alkyl halides is 2. The number of halogens is 2. The van der Waals surface area contributed by atoms with Crippen LogP contribution in [0.3, 0.4) is 0 Å². The zero-order chi connectivity index (χ0) is 12.3. The molecular formula is C11H14F2N2O. The van der Waals surface area contributed by atoms with Gasteiger partial charge in [-0.2, -0.15) is 0 Å². The fraction of sp³-hybridized carbons (Fsp3) is 0.364. The first kappa shape index (κ1) is 12.6. The van der Waals surface area contributed by atoms with E-state index in [-0.39, 0.29) is 12.2 Å². The van der Waals surface area contributed by atoms with E-state index in [1.165, 1.54) is 23.4 Å². The molecule has 0 fully saturated rings. The van der Waals surface area contributed by atoms with E-state index in [1.807, 2.05) is 0 Å². The summed E-state index contributed by atoms with van der Waals surface area (Å²) in [4.78, 5) is 5.23. The summed E-state index contributed by atoms with van der Waals surface area (Å²) in [6.07, 6.45) is 3.95. The summed E-state index contributed by atoms with van der Waals surface area (Å²) in [5.74, 6) is -2.95. The van der Waals surface area contributed by atoms with Crippen molar-refractivity contribution in [2.75, 3.05) is 13.7 Å². The van der Waals surface area contributed by atoms with E-state index in [1.54, 1.807) is 7.05 Å². The second kappa shape index (κ2) is 4.57. The average molecular weight is 228 g/mol. The third-order valence-corrected chi connectivity index (χ3v) is 2.16. The molecule has 88 valence electrons. The van der Waals surface area contributed by atoms with Crippen molar-refractivity contribution in [3.63, 3.8) is 0 Å². The summed E-state index contributed by atoms with van der Waals surface area (Å²) in [5, 5.41) is 9.10. The van der Waals surface area contributed by atoms with Crippen molar-refractivity contribution in [3.05, 3.63) is 35.7 Å². The number of rotatable bonds is 3. The van der Waals surface area contributed by atoms with E-state index >= 15 is 0 Å². The van der Waals surface area contributed by atoms with Crippen molar-refractivity contribution in [3.8, 4) is 0 Å². The van der Waals surface area contributed by atoms with Crippen LogP contribution >= 0.6 is 0 Å². The highest BCUT2D eigenvalue weighted by Gasteiger charge is 2.29. The number of allylic oxidation sites excluding steroid dienone is 3. The van der Waals surface area contributed by atoms with Crippen LogP contribution in [0.5, 0.6) is 0 Å². The van der Waals surface area contributed by atoms with Crippen LogP contribution in [0.4, 0.5) is 8.78 Å². The molecule has 3 nitrogen and oxygen atoms in total. The molecule has 1 aliphatic rings. The predicted molar refractivity (Wildman–Crippen MR) is 59.3 cm³/mol. The molecule has 1 rings (SSSR count). The van der Waals surface area contributed by atoms with Gasteiger partial charge in [-0.1, -0.05) is 6.58 Å². The van der Waals surface area contributed by atoms with Gasteiger partial charge in [0.1, 0.15) is 0 Å². The van der Waals surface area contributed by atoms with Gasteiger partial charge in [0.25, 0.3) is 5.92 Å². The molecule has 0 unspecified atom stereocenters. The monoisotopic (exact) mass is 228 g/mol. The molecular weight excluding hydrogens is 214 g/mol. The fourth-order valence-corrected chi connectivity index (χ4v) is 1.36. The van der Waals surface area contributed by atoms with E-state index in [4.69, 9.17) is 5.11 Å². The van der Waals surface area contributed by atoms with Crippen molar-refractivity contribution >= 4 is 6.34 Å². The van der Waals surface area contributed by atoms with E-state index in [2.05, 4.69) is 11.6 Å². The highest BCUT2D eigenvalue weighted by atomic mass is 19.3. The first-order valence-corrected chi connectivity index (χ1v) is 4.72. The maximum absolute atomic E-state index is 13.1. The van der Waals surface area contributed by atoms with Crippen molar-refractivity contribution in [1.29, 1.82) is 0 Å². The standard InChI is InChI=1S/C11H14F2N2O/c1-8-4-9(11(2,12)13)5-10(6-16)15(8)7-14-3/h4-5,7,16H,1,6H2,2-3H3. The lowest BCUT2D eigenvalue weighted by atomic mass is 10.0. The number of hydrogen-bond acceptors (Lipinski definition) is 2. The van der Waals surface area contributed by atoms with Gasteiger partial charge in [0.05, 0.1) is 18.6 Å². The topological polar surface area (TPSA) is 35.8 Å². The van der Waals surface area contributed by atoms with E-state index in [9.17, 15) is 8.78 Å². The zero-order valence-electron chi connectivity index (χ0n) is 9.24. The number of aliphatic hydroxyl groups excluding tert-OH is 1. The molecule has 1 N–H and O–H groups in total. The molecule has 0 amide bonds. The molecule has 0 atom stereocenters. The van der Waals surface area contributed by atoms with Crippen LogP contribution in [0.1, 0.15) is 6.92 Å². The van der Waals surface area contributed by atoms with Gasteiger partial charge in [-0.3, -0.25) is 4.99 Å². The molecule has 0 saturated carbocycles. The van der Waals surface area contributed by atoms with Crippen LogP contribution < -0.4 is 0 Å². The Hall–Kier alpha value is -1.49. The molecule has 0 saturated heterocycles. The first-order valence-electron chi connectivity index (χ1n) is 4.72. The first-order chi connectivity index (χ1) is 7.40. The molecule has 0 spiro atoms. The van der Waals surface area contributed by atoms with Gasteiger partial charge in [0, 0.05) is 25.2 Å². The van der Waals surface area contributed by atoms with Gasteiger partial charge in [0.15, 0.2) is 0 Å². The Labute approximate surface area is 93.1 Å². The molecule has 1 aliphatic heterocycles. The number of aliphatic hydroxyl groups is 1. The lowest BCUT2D eigenvalue weighted by Crippen LogP contribution is -2.27. The lowest BCUT2D eigenvalue weighted by Gasteiger charge is -2.28. The smallest absolute Gasteiger partial charge is 0.270 e. The second-order valence-corrected chi connectivity index (χ2v) is 3.52. The van der Waals surface area contributed by atoms with Crippen molar-refractivity contribution in [1.82, 2.24) is 4.90 Å². The Bertz CT molecular complexity index is 378. The van der Waals surface area contributed by atoms with E-state index < -0.39 is 5.92 Å². The SMILES string of the molecule is C=C1C=C(C(C)(F)F)C=C(CO)N1C=NC. The normalized spacial score (nSPS) is 17.8. The van der Waals surface area contributed by atoms with Crippen molar-refractivity contribution in [2.45, 2.75) is 12.8 Å². The Morgan fingerprint density at radius 3 is 2.62 bits per heavy atom. The van der Waals surface area contributed by atoms with Gasteiger partial charge < -0.3 is 10.0 Å². The molecule has 0 radical (unpaired) electrons. The molecule has 16 heavy (non-hydrogen) atoms. The van der Waals surface area contributed by atoms with Gasteiger partial charge >= 0.3 is 0 Å². The Kier molecular flexibility index (Phi) is 3.59. The maximum atomic E-state index is 13.1. The highest BCUT2D eigenvalue weighted by molar-refractivity contribution is 5.64. The molecule has 1 heterocycles. The second-order valence-electron chi connectivity index (χ2n) is 3.52. The molecule has 0 aromatic rings. The number of aliphatic imine (C=N–C) groups is 1.